The number of nitro groups is 1. The second kappa shape index (κ2) is 10.7. The van der Waals surface area contributed by atoms with Gasteiger partial charge in [-0.15, -0.1) is 0 Å². The van der Waals surface area contributed by atoms with E-state index in [1.165, 1.54) is 30.5 Å². The highest BCUT2D eigenvalue weighted by Crippen LogP contribution is 2.17. The Bertz CT molecular complexity index is 1190. The van der Waals surface area contributed by atoms with Crippen molar-refractivity contribution in [3.8, 4) is 5.75 Å². The van der Waals surface area contributed by atoms with Crippen molar-refractivity contribution < 1.29 is 19.2 Å². The standard InChI is InChI=1S/C24H22N4O5/c1-16-3-4-17(2)22(13-16)26-23(29)15-33-21-11-5-18(6-12-21)14-25-27-24(30)19-7-9-20(10-8-19)28(31)32/h3-14H,15H2,1-2H3,(H,26,29)(H,27,30)/b25-14+. The van der Waals surface area contributed by atoms with E-state index < -0.39 is 10.8 Å². The Morgan fingerprint density at radius 1 is 1.03 bits per heavy atom. The summed E-state index contributed by atoms with van der Waals surface area (Å²) in [7, 11) is 0. The molecule has 0 fully saturated rings. The molecule has 9 nitrogen and oxygen atoms in total. The van der Waals surface area contributed by atoms with Crippen LogP contribution in [-0.4, -0.2) is 29.6 Å². The minimum atomic E-state index is -0.537. The molecule has 0 aromatic heterocycles. The molecule has 0 aliphatic heterocycles. The zero-order valence-corrected chi connectivity index (χ0v) is 18.1. The number of hydrogen-bond donors (Lipinski definition) is 2. The number of ether oxygens (including phenoxy) is 1. The van der Waals surface area contributed by atoms with Crippen LogP contribution in [0.25, 0.3) is 0 Å². The zero-order valence-electron chi connectivity index (χ0n) is 18.1. The van der Waals surface area contributed by atoms with Gasteiger partial charge in [-0.1, -0.05) is 12.1 Å². The summed E-state index contributed by atoms with van der Waals surface area (Å²) < 4.78 is 5.52. The third-order valence-electron chi connectivity index (χ3n) is 4.64. The minimum absolute atomic E-state index is 0.0971. The fourth-order valence-electron chi connectivity index (χ4n) is 2.82. The van der Waals surface area contributed by atoms with Crippen molar-refractivity contribution in [2.24, 2.45) is 5.10 Å². The van der Waals surface area contributed by atoms with Gasteiger partial charge < -0.3 is 10.1 Å². The summed E-state index contributed by atoms with van der Waals surface area (Å²) in [5.74, 6) is -0.238. The second-order valence-corrected chi connectivity index (χ2v) is 7.23. The van der Waals surface area contributed by atoms with Crippen LogP contribution in [0.1, 0.15) is 27.0 Å². The summed E-state index contributed by atoms with van der Waals surface area (Å²) in [5.41, 5.74) is 5.99. The van der Waals surface area contributed by atoms with Gasteiger partial charge in [-0.25, -0.2) is 5.43 Å². The molecule has 3 rings (SSSR count). The lowest BCUT2D eigenvalue weighted by atomic mass is 10.1. The summed E-state index contributed by atoms with van der Waals surface area (Å²) in [4.78, 5) is 34.3. The third kappa shape index (κ3) is 6.73. The first-order chi connectivity index (χ1) is 15.8. The van der Waals surface area contributed by atoms with E-state index in [0.717, 1.165) is 16.8 Å². The van der Waals surface area contributed by atoms with E-state index in [1.807, 2.05) is 32.0 Å². The first-order valence-electron chi connectivity index (χ1n) is 9.99. The van der Waals surface area contributed by atoms with Gasteiger partial charge in [0, 0.05) is 23.4 Å². The number of amides is 2. The van der Waals surface area contributed by atoms with E-state index in [-0.39, 0.29) is 23.8 Å². The lowest BCUT2D eigenvalue weighted by molar-refractivity contribution is -0.384. The van der Waals surface area contributed by atoms with Crippen LogP contribution in [0, 0.1) is 24.0 Å². The number of rotatable bonds is 8. The second-order valence-electron chi connectivity index (χ2n) is 7.23. The highest BCUT2D eigenvalue weighted by Gasteiger charge is 2.09. The van der Waals surface area contributed by atoms with Crippen LogP contribution >= 0.6 is 0 Å². The lowest BCUT2D eigenvalue weighted by Crippen LogP contribution is -2.20. The summed E-state index contributed by atoms with van der Waals surface area (Å²) >= 11 is 0. The number of aryl methyl sites for hydroxylation is 2. The van der Waals surface area contributed by atoms with Gasteiger partial charge in [0.25, 0.3) is 17.5 Å². The molecule has 0 aliphatic rings. The van der Waals surface area contributed by atoms with E-state index >= 15 is 0 Å². The summed E-state index contributed by atoms with van der Waals surface area (Å²) in [6.45, 7) is 3.74. The van der Waals surface area contributed by atoms with Crippen molar-refractivity contribution in [1.82, 2.24) is 5.43 Å². The quantitative estimate of drug-likeness (QED) is 0.308. The first-order valence-corrected chi connectivity index (χ1v) is 9.99. The number of non-ortho nitro benzene ring substituents is 1. The SMILES string of the molecule is Cc1ccc(C)c(NC(=O)COc2ccc(/C=N/NC(=O)c3ccc([N+](=O)[O-])cc3)cc2)c1. The molecule has 0 radical (unpaired) electrons. The number of hydrazone groups is 1. The Labute approximate surface area is 190 Å². The van der Waals surface area contributed by atoms with Crippen molar-refractivity contribution in [3.63, 3.8) is 0 Å². The molecule has 0 bridgehead atoms. The molecule has 0 saturated carbocycles. The normalized spacial score (nSPS) is 10.6. The van der Waals surface area contributed by atoms with E-state index in [2.05, 4.69) is 15.8 Å². The Morgan fingerprint density at radius 2 is 1.73 bits per heavy atom. The predicted molar refractivity (Wildman–Crippen MR) is 125 cm³/mol. The number of carbonyl (C=O) groups is 2. The number of anilines is 1. The topological polar surface area (TPSA) is 123 Å². The number of nitrogens with zero attached hydrogens (tertiary/aromatic N) is 2. The Morgan fingerprint density at radius 3 is 2.39 bits per heavy atom. The average Bonchev–Trinajstić information content (AvgIpc) is 2.81. The highest BCUT2D eigenvalue weighted by molar-refractivity contribution is 5.95. The Kier molecular flexibility index (Phi) is 7.48. The number of carbonyl (C=O) groups excluding carboxylic acids is 2. The molecule has 0 unspecified atom stereocenters. The number of benzene rings is 3. The number of hydrogen-bond acceptors (Lipinski definition) is 6. The molecule has 0 saturated heterocycles. The fraction of sp³-hybridized carbons (Fsp3) is 0.125. The van der Waals surface area contributed by atoms with Gasteiger partial charge in [-0.3, -0.25) is 19.7 Å². The van der Waals surface area contributed by atoms with E-state index in [1.54, 1.807) is 24.3 Å². The molecule has 9 heteroatoms. The molecule has 0 aliphatic carbocycles. The van der Waals surface area contributed by atoms with Crippen LogP contribution in [0.5, 0.6) is 5.75 Å². The van der Waals surface area contributed by atoms with Crippen molar-refractivity contribution in [3.05, 3.63) is 99.1 Å². The van der Waals surface area contributed by atoms with Gasteiger partial charge in [-0.2, -0.15) is 5.10 Å². The molecular weight excluding hydrogens is 424 g/mol. The van der Waals surface area contributed by atoms with Crippen molar-refractivity contribution in [1.29, 1.82) is 0 Å². The van der Waals surface area contributed by atoms with Crippen molar-refractivity contribution in [2.45, 2.75) is 13.8 Å². The van der Waals surface area contributed by atoms with Crippen LogP contribution < -0.4 is 15.5 Å². The smallest absolute Gasteiger partial charge is 0.271 e. The van der Waals surface area contributed by atoms with Gasteiger partial charge in [0.1, 0.15) is 5.75 Å². The zero-order chi connectivity index (χ0) is 23.8. The van der Waals surface area contributed by atoms with E-state index in [4.69, 9.17) is 4.74 Å². The summed E-state index contributed by atoms with van der Waals surface area (Å²) in [6, 6.07) is 17.8. The Balaban J connectivity index is 1.48. The largest absolute Gasteiger partial charge is 0.484 e. The minimum Gasteiger partial charge on any atom is -0.484 e. The van der Waals surface area contributed by atoms with Crippen LogP contribution in [0.15, 0.2) is 71.8 Å². The van der Waals surface area contributed by atoms with Crippen molar-refractivity contribution >= 4 is 29.4 Å². The predicted octanol–water partition coefficient (Wildman–Crippen LogP) is 3.99. The molecule has 2 N–H and O–H groups in total. The van der Waals surface area contributed by atoms with Gasteiger partial charge in [0.2, 0.25) is 0 Å². The van der Waals surface area contributed by atoms with E-state index in [0.29, 0.717) is 11.3 Å². The Hall–Kier alpha value is -4.53. The molecule has 168 valence electrons. The number of nitro benzene ring substituents is 1. The maximum Gasteiger partial charge on any atom is 0.271 e. The highest BCUT2D eigenvalue weighted by atomic mass is 16.6. The summed E-state index contributed by atoms with van der Waals surface area (Å²) in [6.07, 6.45) is 1.44. The van der Waals surface area contributed by atoms with E-state index in [9.17, 15) is 19.7 Å². The molecule has 0 atom stereocenters. The summed E-state index contributed by atoms with van der Waals surface area (Å²) in [5, 5.41) is 17.4. The lowest BCUT2D eigenvalue weighted by Gasteiger charge is -2.10. The van der Waals surface area contributed by atoms with Crippen LogP contribution in [0.2, 0.25) is 0 Å². The molecule has 2 amide bonds. The van der Waals surface area contributed by atoms with Gasteiger partial charge in [0.05, 0.1) is 11.1 Å². The molecule has 3 aromatic carbocycles. The van der Waals surface area contributed by atoms with Gasteiger partial charge in [0.15, 0.2) is 6.61 Å². The maximum atomic E-state index is 12.2. The van der Waals surface area contributed by atoms with Crippen LogP contribution in [0.4, 0.5) is 11.4 Å². The average molecular weight is 446 g/mol. The molecule has 3 aromatic rings. The van der Waals surface area contributed by atoms with Crippen LogP contribution in [-0.2, 0) is 4.79 Å². The molecular formula is C24H22N4O5. The molecule has 0 spiro atoms. The first kappa shape index (κ1) is 23.1. The molecule has 33 heavy (non-hydrogen) atoms. The fourth-order valence-corrected chi connectivity index (χ4v) is 2.82. The molecule has 0 heterocycles. The van der Waals surface area contributed by atoms with Crippen LogP contribution in [0.3, 0.4) is 0 Å². The maximum absolute atomic E-state index is 12.2. The van der Waals surface area contributed by atoms with Gasteiger partial charge in [-0.05, 0) is 73.0 Å². The van der Waals surface area contributed by atoms with Gasteiger partial charge >= 0.3 is 0 Å². The number of nitrogens with one attached hydrogen (secondary N) is 2. The monoisotopic (exact) mass is 446 g/mol. The third-order valence-corrected chi connectivity index (χ3v) is 4.64. The van der Waals surface area contributed by atoms with Crippen molar-refractivity contribution in [2.75, 3.05) is 11.9 Å².